The van der Waals surface area contributed by atoms with Crippen LogP contribution in [0.2, 0.25) is 0 Å². The number of H-pyrrole nitrogens is 1. The fourth-order valence-corrected chi connectivity index (χ4v) is 2.23. The summed E-state index contributed by atoms with van der Waals surface area (Å²) >= 11 is 0. The van der Waals surface area contributed by atoms with E-state index >= 15 is 0 Å². The van der Waals surface area contributed by atoms with E-state index in [0.717, 1.165) is 28.9 Å². The van der Waals surface area contributed by atoms with Crippen molar-refractivity contribution in [3.05, 3.63) is 54.1 Å². The second-order valence-electron chi connectivity index (χ2n) is 5.09. The molecule has 0 fully saturated rings. The van der Waals surface area contributed by atoms with Crippen LogP contribution >= 0.6 is 0 Å². The summed E-state index contributed by atoms with van der Waals surface area (Å²) < 4.78 is 5.15. The summed E-state index contributed by atoms with van der Waals surface area (Å²) in [6, 6.07) is 15.9. The zero-order chi connectivity index (χ0) is 15.4. The normalized spacial score (nSPS) is 11.6. The van der Waals surface area contributed by atoms with Gasteiger partial charge in [-0.3, -0.25) is 0 Å². The lowest BCUT2D eigenvalue weighted by atomic mass is 10.1. The molecule has 0 aliphatic carbocycles. The number of hydrogen-bond donors (Lipinski definition) is 2. The molecule has 0 spiro atoms. The molecule has 0 bridgehead atoms. The molecule has 112 valence electrons. The van der Waals surface area contributed by atoms with Gasteiger partial charge in [-0.05, 0) is 36.8 Å². The molecule has 1 heterocycles. The Balaban J connectivity index is 1.66. The van der Waals surface area contributed by atoms with Crippen molar-refractivity contribution in [2.45, 2.75) is 13.3 Å². The van der Waals surface area contributed by atoms with Gasteiger partial charge in [0.1, 0.15) is 5.75 Å². The lowest BCUT2D eigenvalue weighted by Crippen LogP contribution is -2.02. The van der Waals surface area contributed by atoms with Crippen molar-refractivity contribution in [2.24, 2.45) is 5.10 Å². The highest BCUT2D eigenvalue weighted by Crippen LogP contribution is 2.14. The minimum absolute atomic E-state index is 0.648. The van der Waals surface area contributed by atoms with Gasteiger partial charge in [-0.2, -0.15) is 5.10 Å². The quantitative estimate of drug-likeness (QED) is 0.558. The topological polar surface area (TPSA) is 62.3 Å². The van der Waals surface area contributed by atoms with Crippen molar-refractivity contribution < 1.29 is 4.74 Å². The van der Waals surface area contributed by atoms with Gasteiger partial charge in [0.05, 0.1) is 18.1 Å². The predicted molar refractivity (Wildman–Crippen MR) is 89.5 cm³/mol. The van der Waals surface area contributed by atoms with Crippen LogP contribution in [0.1, 0.15) is 12.5 Å². The second-order valence-corrected chi connectivity index (χ2v) is 5.09. The number of anilines is 1. The van der Waals surface area contributed by atoms with Crippen LogP contribution in [0.4, 0.5) is 5.95 Å². The summed E-state index contributed by atoms with van der Waals surface area (Å²) in [7, 11) is 1.67. The molecule has 0 saturated carbocycles. The third-order valence-corrected chi connectivity index (χ3v) is 3.36. The summed E-state index contributed by atoms with van der Waals surface area (Å²) in [4.78, 5) is 7.61. The number of aromatic amines is 1. The molecule has 0 amide bonds. The Bertz CT molecular complexity index is 757. The molecule has 2 aromatic carbocycles. The van der Waals surface area contributed by atoms with E-state index in [1.807, 2.05) is 55.5 Å². The van der Waals surface area contributed by atoms with Crippen molar-refractivity contribution in [3.63, 3.8) is 0 Å². The number of nitrogens with zero attached hydrogens (tertiary/aromatic N) is 2. The monoisotopic (exact) mass is 294 g/mol. The number of nitrogens with one attached hydrogen (secondary N) is 2. The van der Waals surface area contributed by atoms with Gasteiger partial charge in [0.15, 0.2) is 0 Å². The van der Waals surface area contributed by atoms with E-state index in [4.69, 9.17) is 4.74 Å². The molecule has 0 aliphatic rings. The number of hydrazone groups is 1. The van der Waals surface area contributed by atoms with Gasteiger partial charge in [0.25, 0.3) is 0 Å². The van der Waals surface area contributed by atoms with Gasteiger partial charge < -0.3 is 9.72 Å². The van der Waals surface area contributed by atoms with E-state index in [9.17, 15) is 0 Å². The molecule has 2 N–H and O–H groups in total. The molecule has 22 heavy (non-hydrogen) atoms. The molecular weight excluding hydrogens is 276 g/mol. The zero-order valence-corrected chi connectivity index (χ0v) is 12.6. The molecule has 0 saturated heterocycles. The first kappa shape index (κ1) is 14.1. The van der Waals surface area contributed by atoms with Gasteiger partial charge in [0.2, 0.25) is 5.95 Å². The SMILES string of the molecule is COc1ccc(C/C(C)=N/Nc2nc3ccccc3[nH]2)cc1. The maximum atomic E-state index is 5.15. The third-order valence-electron chi connectivity index (χ3n) is 3.36. The molecule has 3 rings (SSSR count). The third kappa shape index (κ3) is 3.25. The van der Waals surface area contributed by atoms with E-state index in [1.54, 1.807) is 7.11 Å². The maximum absolute atomic E-state index is 5.15. The highest BCUT2D eigenvalue weighted by atomic mass is 16.5. The van der Waals surface area contributed by atoms with Gasteiger partial charge in [-0.1, -0.05) is 24.3 Å². The number of rotatable bonds is 5. The van der Waals surface area contributed by atoms with Crippen LogP contribution in [-0.2, 0) is 6.42 Å². The number of para-hydroxylation sites is 2. The number of ether oxygens (including phenoxy) is 1. The summed E-state index contributed by atoms with van der Waals surface area (Å²) in [5.41, 5.74) is 7.06. The first-order valence-corrected chi connectivity index (χ1v) is 7.11. The number of aromatic nitrogens is 2. The molecule has 1 aromatic heterocycles. The van der Waals surface area contributed by atoms with Gasteiger partial charge in [0, 0.05) is 12.1 Å². The standard InChI is InChI=1S/C17H18N4O/c1-12(11-13-7-9-14(22-2)10-8-13)20-21-17-18-15-5-3-4-6-16(15)19-17/h3-10H,11H2,1-2H3,(H2,18,19,21)/b20-12+. The zero-order valence-electron chi connectivity index (χ0n) is 12.6. The van der Waals surface area contributed by atoms with Crippen LogP contribution in [0.3, 0.4) is 0 Å². The lowest BCUT2D eigenvalue weighted by Gasteiger charge is -2.03. The molecule has 0 atom stereocenters. The molecule has 5 heteroatoms. The Morgan fingerprint density at radius 3 is 2.68 bits per heavy atom. The lowest BCUT2D eigenvalue weighted by molar-refractivity contribution is 0.414. The molecule has 3 aromatic rings. The number of methoxy groups -OCH3 is 1. The number of hydrogen-bond acceptors (Lipinski definition) is 4. The molecule has 0 radical (unpaired) electrons. The fraction of sp³-hybridized carbons (Fsp3) is 0.176. The smallest absolute Gasteiger partial charge is 0.222 e. The molecule has 0 aliphatic heterocycles. The summed E-state index contributed by atoms with van der Waals surface area (Å²) in [5.74, 6) is 1.51. The predicted octanol–water partition coefficient (Wildman–Crippen LogP) is 3.60. The van der Waals surface area contributed by atoms with Crippen molar-refractivity contribution in [1.82, 2.24) is 9.97 Å². The average molecular weight is 294 g/mol. The van der Waals surface area contributed by atoms with Gasteiger partial charge in [-0.25, -0.2) is 10.4 Å². The van der Waals surface area contributed by atoms with Crippen molar-refractivity contribution >= 4 is 22.7 Å². The van der Waals surface area contributed by atoms with Crippen molar-refractivity contribution in [1.29, 1.82) is 0 Å². The summed E-state index contributed by atoms with van der Waals surface area (Å²) in [6.45, 7) is 1.99. The molecule has 5 nitrogen and oxygen atoms in total. The Morgan fingerprint density at radius 2 is 1.95 bits per heavy atom. The Labute approximate surface area is 129 Å². The van der Waals surface area contributed by atoms with Gasteiger partial charge in [-0.15, -0.1) is 0 Å². The minimum Gasteiger partial charge on any atom is -0.497 e. The number of benzene rings is 2. The fourth-order valence-electron chi connectivity index (χ4n) is 2.23. The van der Waals surface area contributed by atoms with E-state index in [1.165, 1.54) is 5.56 Å². The highest BCUT2D eigenvalue weighted by Gasteiger charge is 2.01. The van der Waals surface area contributed by atoms with E-state index < -0.39 is 0 Å². The maximum Gasteiger partial charge on any atom is 0.222 e. The second kappa shape index (κ2) is 6.30. The van der Waals surface area contributed by atoms with Crippen molar-refractivity contribution in [3.8, 4) is 5.75 Å². The summed E-state index contributed by atoms with van der Waals surface area (Å²) in [5, 5.41) is 4.37. The van der Waals surface area contributed by atoms with Crippen LogP contribution in [0.15, 0.2) is 53.6 Å². The average Bonchev–Trinajstić information content (AvgIpc) is 2.96. The van der Waals surface area contributed by atoms with Crippen LogP contribution in [0.25, 0.3) is 11.0 Å². The van der Waals surface area contributed by atoms with Crippen LogP contribution in [-0.4, -0.2) is 22.8 Å². The van der Waals surface area contributed by atoms with E-state index in [0.29, 0.717) is 5.95 Å². The highest BCUT2D eigenvalue weighted by molar-refractivity contribution is 5.85. The van der Waals surface area contributed by atoms with E-state index in [2.05, 4.69) is 20.5 Å². The Hall–Kier alpha value is -2.82. The van der Waals surface area contributed by atoms with Crippen LogP contribution < -0.4 is 10.2 Å². The first-order chi connectivity index (χ1) is 10.7. The van der Waals surface area contributed by atoms with E-state index in [-0.39, 0.29) is 0 Å². The number of imidazole rings is 1. The number of fused-ring (bicyclic) bond motifs is 1. The summed E-state index contributed by atoms with van der Waals surface area (Å²) in [6.07, 6.45) is 0.775. The Morgan fingerprint density at radius 1 is 1.18 bits per heavy atom. The van der Waals surface area contributed by atoms with Crippen LogP contribution in [0, 0.1) is 0 Å². The molecular formula is C17H18N4O. The largest absolute Gasteiger partial charge is 0.497 e. The minimum atomic E-state index is 0.648. The van der Waals surface area contributed by atoms with Crippen molar-refractivity contribution in [2.75, 3.05) is 12.5 Å². The Kier molecular flexibility index (Phi) is 4.05. The molecule has 0 unspecified atom stereocenters. The first-order valence-electron chi connectivity index (χ1n) is 7.11. The van der Waals surface area contributed by atoms with Gasteiger partial charge >= 0.3 is 0 Å². The van der Waals surface area contributed by atoms with Crippen LogP contribution in [0.5, 0.6) is 5.75 Å².